The van der Waals surface area contributed by atoms with Gasteiger partial charge in [-0.3, -0.25) is 14.9 Å². The highest BCUT2D eigenvalue weighted by Crippen LogP contribution is 2.36. The molecule has 1 aliphatic carbocycles. The number of carbonyl (C=O) groups excluding carboxylic acids is 2. The zero-order valence-electron chi connectivity index (χ0n) is 21.7. The molecule has 0 bridgehead atoms. The van der Waals surface area contributed by atoms with Gasteiger partial charge < -0.3 is 19.6 Å². The maximum absolute atomic E-state index is 13.2. The number of aliphatic imine (C=N–C) groups is 1. The summed E-state index contributed by atoms with van der Waals surface area (Å²) < 4.78 is 6.06. The standard InChI is InChI=1S/C28H42N4O4/c1-2-10-23(21-11-5-3-6-12-21)32(16-17-33)26(35)15-7-4-8-18-36-24-14-9-13-22-19-31-20-25(34)29-28(31)30-27(22)24/h9,13-14,21,23,33H,2-8,10-12,15-20H2,1H3,(H,29,30,34). The summed E-state index contributed by atoms with van der Waals surface area (Å²) in [6.45, 7) is 4.22. The summed E-state index contributed by atoms with van der Waals surface area (Å²) in [5.74, 6) is 2.07. The molecule has 3 aliphatic rings. The van der Waals surface area contributed by atoms with E-state index in [-0.39, 0.29) is 24.5 Å². The predicted octanol–water partition coefficient (Wildman–Crippen LogP) is 4.13. The first-order valence-corrected chi connectivity index (χ1v) is 13.9. The molecule has 8 nitrogen and oxygen atoms in total. The molecule has 2 amide bonds. The maximum Gasteiger partial charge on any atom is 0.246 e. The summed E-state index contributed by atoms with van der Waals surface area (Å²) >= 11 is 0. The van der Waals surface area contributed by atoms with Gasteiger partial charge in [-0.2, -0.15) is 0 Å². The van der Waals surface area contributed by atoms with Crippen molar-refractivity contribution >= 4 is 23.5 Å². The highest BCUT2D eigenvalue weighted by Gasteiger charge is 2.31. The van der Waals surface area contributed by atoms with Gasteiger partial charge in [0.25, 0.3) is 0 Å². The third kappa shape index (κ3) is 6.58. The van der Waals surface area contributed by atoms with Crippen LogP contribution in [-0.2, 0) is 16.1 Å². The molecule has 2 aliphatic heterocycles. The molecule has 0 radical (unpaired) electrons. The number of hydrogen-bond acceptors (Lipinski definition) is 6. The average molecular weight is 499 g/mol. The van der Waals surface area contributed by atoms with Crippen molar-refractivity contribution < 1.29 is 19.4 Å². The van der Waals surface area contributed by atoms with Gasteiger partial charge in [0.1, 0.15) is 18.0 Å². The monoisotopic (exact) mass is 498 g/mol. The number of benzene rings is 1. The smallest absolute Gasteiger partial charge is 0.246 e. The van der Waals surface area contributed by atoms with Crippen molar-refractivity contribution in [2.24, 2.45) is 10.9 Å². The number of para-hydroxylation sites is 1. The van der Waals surface area contributed by atoms with E-state index >= 15 is 0 Å². The molecule has 1 unspecified atom stereocenters. The van der Waals surface area contributed by atoms with E-state index in [1.165, 1.54) is 32.1 Å². The quantitative estimate of drug-likeness (QED) is 0.399. The third-order valence-corrected chi connectivity index (χ3v) is 7.68. The van der Waals surface area contributed by atoms with Crippen LogP contribution in [0.5, 0.6) is 5.75 Å². The number of hydrogen-bond donors (Lipinski definition) is 2. The van der Waals surface area contributed by atoms with Crippen molar-refractivity contribution in [2.45, 2.75) is 90.1 Å². The van der Waals surface area contributed by atoms with Crippen LogP contribution in [0.2, 0.25) is 0 Å². The van der Waals surface area contributed by atoms with Gasteiger partial charge in [-0.15, -0.1) is 0 Å². The molecule has 0 aromatic heterocycles. The lowest BCUT2D eigenvalue weighted by molar-refractivity contribution is -0.136. The topological polar surface area (TPSA) is 94.5 Å². The van der Waals surface area contributed by atoms with Crippen LogP contribution in [0.3, 0.4) is 0 Å². The Hall–Kier alpha value is -2.61. The van der Waals surface area contributed by atoms with Crippen LogP contribution < -0.4 is 10.1 Å². The molecule has 1 aromatic carbocycles. The van der Waals surface area contributed by atoms with Crippen molar-refractivity contribution in [3.05, 3.63) is 23.8 Å². The van der Waals surface area contributed by atoms with E-state index in [9.17, 15) is 14.7 Å². The summed E-state index contributed by atoms with van der Waals surface area (Å²) in [6, 6.07) is 6.18. The Morgan fingerprint density at radius 2 is 2.06 bits per heavy atom. The van der Waals surface area contributed by atoms with Crippen LogP contribution in [0.1, 0.15) is 83.1 Å². The fraction of sp³-hybridized carbons (Fsp3) is 0.679. The van der Waals surface area contributed by atoms with Gasteiger partial charge in [0.15, 0.2) is 0 Å². The molecule has 8 heteroatoms. The number of amides is 2. The second-order valence-corrected chi connectivity index (χ2v) is 10.3. The van der Waals surface area contributed by atoms with Crippen molar-refractivity contribution in [1.29, 1.82) is 0 Å². The van der Waals surface area contributed by atoms with Crippen molar-refractivity contribution in [3.8, 4) is 5.75 Å². The van der Waals surface area contributed by atoms with Gasteiger partial charge in [0, 0.05) is 31.1 Å². The van der Waals surface area contributed by atoms with Crippen molar-refractivity contribution in [3.63, 3.8) is 0 Å². The molecule has 198 valence electrons. The van der Waals surface area contributed by atoms with Crippen molar-refractivity contribution in [1.82, 2.24) is 15.1 Å². The summed E-state index contributed by atoms with van der Waals surface area (Å²) in [7, 11) is 0. The summed E-state index contributed by atoms with van der Waals surface area (Å²) in [5, 5.41) is 12.5. The Bertz CT molecular complexity index is 928. The van der Waals surface area contributed by atoms with Gasteiger partial charge in [0.05, 0.1) is 13.2 Å². The number of carbonyl (C=O) groups is 2. The number of unbranched alkanes of at least 4 members (excludes halogenated alkanes) is 2. The molecule has 1 saturated carbocycles. The molecule has 1 atom stereocenters. The normalized spacial score (nSPS) is 18.2. The Morgan fingerprint density at radius 3 is 2.83 bits per heavy atom. The Balaban J connectivity index is 1.23. The number of fused-ring (bicyclic) bond motifs is 2. The van der Waals surface area contributed by atoms with Crippen LogP contribution in [0.4, 0.5) is 5.69 Å². The van der Waals surface area contributed by atoms with Gasteiger partial charge in [-0.1, -0.05) is 44.7 Å². The first-order chi connectivity index (χ1) is 17.6. The predicted molar refractivity (Wildman–Crippen MR) is 140 cm³/mol. The van der Waals surface area contributed by atoms with E-state index in [0.29, 0.717) is 44.5 Å². The lowest BCUT2D eigenvalue weighted by Gasteiger charge is -2.39. The van der Waals surface area contributed by atoms with E-state index in [1.54, 1.807) is 0 Å². The first-order valence-electron chi connectivity index (χ1n) is 13.9. The summed E-state index contributed by atoms with van der Waals surface area (Å²) in [6.07, 6.45) is 11.4. The number of aliphatic hydroxyl groups excluding tert-OH is 1. The molecule has 2 heterocycles. The van der Waals surface area contributed by atoms with E-state index in [4.69, 9.17) is 4.74 Å². The molecule has 1 aromatic rings. The zero-order chi connectivity index (χ0) is 25.3. The highest BCUT2D eigenvalue weighted by molar-refractivity contribution is 6.06. The maximum atomic E-state index is 13.2. The van der Waals surface area contributed by atoms with Gasteiger partial charge >= 0.3 is 0 Å². The minimum atomic E-state index is -0.0316. The number of nitrogens with one attached hydrogen (secondary N) is 1. The molecule has 2 fully saturated rings. The van der Waals surface area contributed by atoms with Gasteiger partial charge in [-0.05, 0) is 50.5 Å². The third-order valence-electron chi connectivity index (χ3n) is 7.68. The van der Waals surface area contributed by atoms with Crippen LogP contribution >= 0.6 is 0 Å². The summed E-state index contributed by atoms with van der Waals surface area (Å²) in [4.78, 5) is 33.4. The number of guanidine groups is 1. The Labute approximate surface area is 215 Å². The fourth-order valence-electron chi connectivity index (χ4n) is 5.90. The number of ether oxygens (including phenoxy) is 1. The second-order valence-electron chi connectivity index (χ2n) is 10.3. The van der Waals surface area contributed by atoms with E-state index in [0.717, 1.165) is 49.1 Å². The van der Waals surface area contributed by atoms with Crippen LogP contribution in [-0.4, -0.2) is 65.0 Å². The molecule has 2 N–H and O–H groups in total. The Morgan fingerprint density at radius 1 is 1.22 bits per heavy atom. The molecule has 0 spiro atoms. The second kappa shape index (κ2) is 13.1. The lowest BCUT2D eigenvalue weighted by atomic mass is 9.81. The average Bonchev–Trinajstić information content (AvgIpc) is 3.26. The van der Waals surface area contributed by atoms with E-state index < -0.39 is 0 Å². The van der Waals surface area contributed by atoms with E-state index in [2.05, 4.69) is 17.2 Å². The molecule has 1 saturated heterocycles. The van der Waals surface area contributed by atoms with Gasteiger partial charge in [-0.25, -0.2) is 4.99 Å². The number of nitrogens with zero attached hydrogens (tertiary/aromatic N) is 3. The van der Waals surface area contributed by atoms with Crippen molar-refractivity contribution in [2.75, 3.05) is 26.3 Å². The lowest BCUT2D eigenvalue weighted by Crippen LogP contribution is -2.46. The summed E-state index contributed by atoms with van der Waals surface area (Å²) in [5.41, 5.74) is 1.85. The highest BCUT2D eigenvalue weighted by atomic mass is 16.5. The van der Waals surface area contributed by atoms with Gasteiger partial charge in [0.2, 0.25) is 17.8 Å². The van der Waals surface area contributed by atoms with Crippen LogP contribution in [0.15, 0.2) is 23.2 Å². The molecule has 4 rings (SSSR count). The van der Waals surface area contributed by atoms with E-state index in [1.807, 2.05) is 28.0 Å². The molecular formula is C28H42N4O4. The number of aliphatic hydroxyl groups is 1. The zero-order valence-corrected chi connectivity index (χ0v) is 21.7. The largest absolute Gasteiger partial charge is 0.491 e. The molecule has 36 heavy (non-hydrogen) atoms. The number of rotatable bonds is 13. The fourth-order valence-corrected chi connectivity index (χ4v) is 5.90. The minimum Gasteiger partial charge on any atom is -0.491 e. The van der Waals surface area contributed by atoms with Crippen LogP contribution in [0.25, 0.3) is 0 Å². The Kier molecular flexibility index (Phi) is 9.61. The minimum absolute atomic E-state index is 0.0273. The first kappa shape index (κ1) is 26.5. The SMILES string of the molecule is CCCC(C1CCCCC1)N(CCO)C(=O)CCCCCOc1cccc2c1N=C1NC(=O)CN1C2. The molecular weight excluding hydrogens is 456 g/mol. The van der Waals surface area contributed by atoms with Crippen LogP contribution in [0, 0.1) is 5.92 Å².